The molecule has 1 N–H and O–H groups in total. The van der Waals surface area contributed by atoms with Crippen molar-refractivity contribution in [3.8, 4) is 5.75 Å². The van der Waals surface area contributed by atoms with Crippen LogP contribution in [-0.4, -0.2) is 38.0 Å². The maximum atomic E-state index is 13.8. The van der Waals surface area contributed by atoms with Crippen LogP contribution in [0.15, 0.2) is 12.1 Å². The van der Waals surface area contributed by atoms with E-state index in [0.717, 1.165) is 12.1 Å². The van der Waals surface area contributed by atoms with Crippen LogP contribution < -0.4 is 10.1 Å². The molecule has 1 aromatic rings. The molecule has 1 aromatic carbocycles. The normalized spacial score (nSPS) is 20.2. The summed E-state index contributed by atoms with van der Waals surface area (Å²) in [5.74, 6) is -0.762. The Balaban J connectivity index is 2.19. The maximum absolute atomic E-state index is 13.8. The van der Waals surface area contributed by atoms with Crippen molar-refractivity contribution in [1.82, 2.24) is 0 Å². The molecule has 0 saturated carbocycles. The number of hydrogen-bond donors (Lipinski definition) is 1. The van der Waals surface area contributed by atoms with Crippen molar-refractivity contribution >= 4 is 21.2 Å². The molecular formula is C12H15FN2O5S. The zero-order valence-electron chi connectivity index (χ0n) is 11.3. The summed E-state index contributed by atoms with van der Waals surface area (Å²) in [5, 5.41) is 12.9. The lowest BCUT2D eigenvalue weighted by Crippen LogP contribution is -2.25. The molecule has 0 radical (unpaired) electrons. The van der Waals surface area contributed by atoms with Crippen LogP contribution in [0.25, 0.3) is 0 Å². The van der Waals surface area contributed by atoms with Gasteiger partial charge in [0.15, 0.2) is 21.4 Å². The van der Waals surface area contributed by atoms with E-state index < -0.39 is 31.5 Å². The Hall–Kier alpha value is -1.90. The SMILES string of the molecule is COc1cc(NCC2CCCS2(=O)=O)c(F)cc1[N+](=O)[O-]. The van der Waals surface area contributed by atoms with Gasteiger partial charge in [-0.2, -0.15) is 0 Å². The Morgan fingerprint density at radius 2 is 2.24 bits per heavy atom. The Bertz CT molecular complexity index is 662. The topological polar surface area (TPSA) is 98.5 Å². The first-order chi connectivity index (χ1) is 9.85. The Labute approximate surface area is 121 Å². The number of nitro groups is 1. The first kappa shape index (κ1) is 15.5. The van der Waals surface area contributed by atoms with Crippen LogP contribution in [0.3, 0.4) is 0 Å². The number of halogens is 1. The van der Waals surface area contributed by atoms with Gasteiger partial charge in [0.05, 0.1) is 34.8 Å². The van der Waals surface area contributed by atoms with Gasteiger partial charge in [0.25, 0.3) is 0 Å². The average Bonchev–Trinajstić information content (AvgIpc) is 2.75. The summed E-state index contributed by atoms with van der Waals surface area (Å²) in [6, 6.07) is 1.92. The molecule has 9 heteroatoms. The molecule has 0 amide bonds. The third-order valence-corrected chi connectivity index (χ3v) is 5.72. The summed E-state index contributed by atoms with van der Waals surface area (Å²) in [6.07, 6.45) is 1.13. The lowest BCUT2D eigenvalue weighted by molar-refractivity contribution is -0.385. The van der Waals surface area contributed by atoms with Gasteiger partial charge in [-0.15, -0.1) is 0 Å². The summed E-state index contributed by atoms with van der Waals surface area (Å²) >= 11 is 0. The minimum atomic E-state index is -3.13. The highest BCUT2D eigenvalue weighted by Crippen LogP contribution is 2.32. The smallest absolute Gasteiger partial charge is 0.313 e. The highest BCUT2D eigenvalue weighted by Gasteiger charge is 2.31. The predicted molar refractivity (Wildman–Crippen MR) is 74.9 cm³/mol. The molecule has 0 spiro atoms. The van der Waals surface area contributed by atoms with Gasteiger partial charge in [0.1, 0.15) is 0 Å². The summed E-state index contributed by atoms with van der Waals surface area (Å²) in [7, 11) is -1.89. The number of nitro benzene ring substituents is 1. The van der Waals surface area contributed by atoms with Gasteiger partial charge in [-0.25, -0.2) is 12.8 Å². The highest BCUT2D eigenvalue weighted by atomic mass is 32.2. The molecule has 1 saturated heterocycles. The molecule has 1 aliphatic heterocycles. The molecule has 7 nitrogen and oxygen atoms in total. The van der Waals surface area contributed by atoms with Gasteiger partial charge in [-0.3, -0.25) is 10.1 Å². The van der Waals surface area contributed by atoms with Gasteiger partial charge >= 0.3 is 5.69 Å². The number of hydrogen-bond acceptors (Lipinski definition) is 6. The minimum absolute atomic E-state index is 0.0143. The number of sulfone groups is 1. The van der Waals surface area contributed by atoms with E-state index in [1.165, 1.54) is 7.11 Å². The number of nitrogens with one attached hydrogen (secondary N) is 1. The van der Waals surface area contributed by atoms with E-state index in [1.54, 1.807) is 0 Å². The fourth-order valence-corrected chi connectivity index (χ4v) is 4.06. The van der Waals surface area contributed by atoms with Crippen LogP contribution in [0.1, 0.15) is 12.8 Å². The first-order valence-electron chi connectivity index (χ1n) is 6.32. The third-order valence-electron chi connectivity index (χ3n) is 3.45. The van der Waals surface area contributed by atoms with Gasteiger partial charge < -0.3 is 10.1 Å². The monoisotopic (exact) mass is 318 g/mol. The maximum Gasteiger partial charge on any atom is 0.313 e. The van der Waals surface area contributed by atoms with E-state index in [9.17, 15) is 22.9 Å². The van der Waals surface area contributed by atoms with Crippen LogP contribution in [-0.2, 0) is 9.84 Å². The average molecular weight is 318 g/mol. The Kier molecular flexibility index (Phi) is 4.31. The molecule has 0 bridgehead atoms. The van der Waals surface area contributed by atoms with E-state index in [0.29, 0.717) is 12.8 Å². The molecule has 1 aliphatic rings. The zero-order valence-corrected chi connectivity index (χ0v) is 12.2. The standard InChI is InChI=1S/C12H15FN2O5S/c1-20-12-6-10(9(13)5-11(12)15(16)17)14-7-8-3-2-4-21(8,18)19/h5-6,8,14H,2-4,7H2,1H3. The van der Waals surface area contributed by atoms with Gasteiger partial charge in [0, 0.05) is 12.6 Å². The quantitative estimate of drug-likeness (QED) is 0.656. The Morgan fingerprint density at radius 1 is 1.52 bits per heavy atom. The van der Waals surface area contributed by atoms with Crippen molar-refractivity contribution in [3.05, 3.63) is 28.1 Å². The molecule has 1 heterocycles. The number of methoxy groups -OCH3 is 1. The lowest BCUT2D eigenvalue weighted by atomic mass is 10.2. The Morgan fingerprint density at radius 3 is 2.76 bits per heavy atom. The molecule has 116 valence electrons. The van der Waals surface area contributed by atoms with E-state index in [4.69, 9.17) is 4.74 Å². The van der Waals surface area contributed by atoms with Crippen LogP contribution >= 0.6 is 0 Å². The molecule has 0 aromatic heterocycles. The molecular weight excluding hydrogens is 303 g/mol. The summed E-state index contributed by atoms with van der Waals surface area (Å²) in [5.41, 5.74) is -0.492. The second kappa shape index (κ2) is 5.84. The second-order valence-electron chi connectivity index (χ2n) is 4.77. The van der Waals surface area contributed by atoms with Crippen molar-refractivity contribution in [2.24, 2.45) is 0 Å². The summed E-state index contributed by atoms with van der Waals surface area (Å²) < 4.78 is 42.0. The number of anilines is 1. The molecule has 21 heavy (non-hydrogen) atoms. The van der Waals surface area contributed by atoms with E-state index in [-0.39, 0.29) is 23.7 Å². The van der Waals surface area contributed by atoms with E-state index in [1.807, 2.05) is 0 Å². The number of rotatable bonds is 5. The predicted octanol–water partition coefficient (Wildman–Crippen LogP) is 1.73. The summed E-state index contributed by atoms with van der Waals surface area (Å²) in [4.78, 5) is 10.0. The number of ether oxygens (including phenoxy) is 1. The van der Waals surface area contributed by atoms with Crippen molar-refractivity contribution in [1.29, 1.82) is 0 Å². The molecule has 1 fully saturated rings. The zero-order chi connectivity index (χ0) is 15.6. The van der Waals surface area contributed by atoms with Crippen LogP contribution in [0.4, 0.5) is 15.8 Å². The molecule has 1 atom stereocenters. The first-order valence-corrected chi connectivity index (χ1v) is 8.04. The van der Waals surface area contributed by atoms with Crippen LogP contribution in [0, 0.1) is 15.9 Å². The summed E-state index contributed by atoms with van der Waals surface area (Å²) in [6.45, 7) is 0.0697. The van der Waals surface area contributed by atoms with Gasteiger partial charge in [-0.05, 0) is 12.8 Å². The fraction of sp³-hybridized carbons (Fsp3) is 0.500. The van der Waals surface area contributed by atoms with Crippen LogP contribution in [0.5, 0.6) is 5.75 Å². The van der Waals surface area contributed by atoms with E-state index >= 15 is 0 Å². The van der Waals surface area contributed by atoms with Crippen molar-refractivity contribution < 1.29 is 22.5 Å². The number of nitrogens with zero attached hydrogens (tertiary/aromatic N) is 1. The van der Waals surface area contributed by atoms with Crippen molar-refractivity contribution in [2.75, 3.05) is 24.7 Å². The minimum Gasteiger partial charge on any atom is -0.490 e. The second-order valence-corrected chi connectivity index (χ2v) is 7.17. The van der Waals surface area contributed by atoms with Gasteiger partial charge in [-0.1, -0.05) is 0 Å². The van der Waals surface area contributed by atoms with Gasteiger partial charge in [0.2, 0.25) is 0 Å². The molecule has 2 rings (SSSR count). The molecule has 0 aliphatic carbocycles. The third kappa shape index (κ3) is 3.23. The largest absolute Gasteiger partial charge is 0.490 e. The highest BCUT2D eigenvalue weighted by molar-refractivity contribution is 7.92. The van der Waals surface area contributed by atoms with Crippen LogP contribution in [0.2, 0.25) is 0 Å². The van der Waals surface area contributed by atoms with Crippen molar-refractivity contribution in [3.63, 3.8) is 0 Å². The van der Waals surface area contributed by atoms with Crippen molar-refractivity contribution in [2.45, 2.75) is 18.1 Å². The van der Waals surface area contributed by atoms with E-state index in [2.05, 4.69) is 5.32 Å². The number of benzene rings is 1. The lowest BCUT2D eigenvalue weighted by Gasteiger charge is -2.13. The molecule has 1 unspecified atom stereocenters. The fourth-order valence-electron chi connectivity index (χ4n) is 2.30.